The highest BCUT2D eigenvalue weighted by atomic mass is 32.2. The summed E-state index contributed by atoms with van der Waals surface area (Å²) in [4.78, 5) is 19.6. The minimum atomic E-state index is -4.51. The van der Waals surface area contributed by atoms with Crippen molar-refractivity contribution < 1.29 is 22.5 Å². The number of carbonyl (C=O) groups excluding carboxylic acids is 1. The van der Waals surface area contributed by atoms with Crippen LogP contribution in [-0.2, 0) is 10.0 Å². The first kappa shape index (κ1) is 14.0. The van der Waals surface area contributed by atoms with Crippen LogP contribution in [0.4, 0.5) is 10.1 Å². The zero-order valence-corrected chi connectivity index (χ0v) is 9.82. The monoisotopic (exact) mass is 277 g/mol. The maximum absolute atomic E-state index is 13.5. The van der Waals surface area contributed by atoms with E-state index in [-0.39, 0.29) is 5.56 Å². The van der Waals surface area contributed by atoms with Gasteiger partial charge in [0.2, 0.25) is 15.8 Å². The summed E-state index contributed by atoms with van der Waals surface area (Å²) in [5.74, 6) is -2.40. The normalized spacial score (nSPS) is 11.1. The van der Waals surface area contributed by atoms with Gasteiger partial charge in [0, 0.05) is 18.7 Å². The van der Waals surface area contributed by atoms with Crippen LogP contribution < -0.4 is 10.5 Å². The van der Waals surface area contributed by atoms with Crippen LogP contribution in [0.3, 0.4) is 0 Å². The van der Waals surface area contributed by atoms with Crippen molar-refractivity contribution in [2.75, 3.05) is 7.05 Å². The Hall–Kier alpha value is -2.07. The lowest BCUT2D eigenvalue weighted by Crippen LogP contribution is -2.21. The fourth-order valence-electron chi connectivity index (χ4n) is 1.20. The molecule has 0 atom stereocenters. The van der Waals surface area contributed by atoms with Gasteiger partial charge in [-0.1, -0.05) is 0 Å². The predicted octanol–water partition coefficient (Wildman–Crippen LogP) is -0.259. The highest BCUT2D eigenvalue weighted by molar-refractivity contribution is 7.89. The van der Waals surface area contributed by atoms with Crippen molar-refractivity contribution in [3.05, 3.63) is 33.6 Å². The Morgan fingerprint density at radius 1 is 1.50 bits per heavy atom. The molecule has 10 heteroatoms. The zero-order chi connectivity index (χ0) is 14.1. The fourth-order valence-corrected chi connectivity index (χ4v) is 1.84. The number of benzene rings is 1. The number of amides is 1. The summed E-state index contributed by atoms with van der Waals surface area (Å²) in [5, 5.41) is 17.4. The molecule has 1 amide bonds. The molecule has 0 saturated heterocycles. The number of nitrogens with two attached hydrogens (primary N) is 1. The lowest BCUT2D eigenvalue weighted by molar-refractivity contribution is -0.387. The Bertz CT molecular complexity index is 628. The summed E-state index contributed by atoms with van der Waals surface area (Å²) in [6, 6.07) is 1.26. The average Bonchev–Trinajstić information content (AvgIpc) is 2.26. The number of sulfonamides is 1. The average molecular weight is 277 g/mol. The molecular formula is C8H8FN3O5S. The molecule has 0 fully saturated rings. The molecule has 3 N–H and O–H groups in total. The summed E-state index contributed by atoms with van der Waals surface area (Å²) >= 11 is 0. The lowest BCUT2D eigenvalue weighted by Gasteiger charge is -2.05. The summed E-state index contributed by atoms with van der Waals surface area (Å²) in [5.41, 5.74) is -1.52. The largest absolute Gasteiger partial charge is 0.355 e. The first-order valence-electron chi connectivity index (χ1n) is 4.41. The SMILES string of the molecule is CNC(=O)c1cc([N+](=O)[O-])c(F)c(S(N)(=O)=O)c1. The minimum Gasteiger partial charge on any atom is -0.355 e. The molecule has 0 aromatic heterocycles. The third-order valence-corrected chi connectivity index (χ3v) is 2.92. The molecule has 0 aliphatic heterocycles. The van der Waals surface area contributed by atoms with E-state index in [2.05, 4.69) is 5.32 Å². The highest BCUT2D eigenvalue weighted by Crippen LogP contribution is 2.25. The second-order valence-electron chi connectivity index (χ2n) is 3.19. The van der Waals surface area contributed by atoms with Gasteiger partial charge in [0.25, 0.3) is 5.91 Å². The molecule has 18 heavy (non-hydrogen) atoms. The molecule has 0 bridgehead atoms. The van der Waals surface area contributed by atoms with E-state index in [1.54, 1.807) is 0 Å². The van der Waals surface area contributed by atoms with Gasteiger partial charge in [-0.15, -0.1) is 0 Å². The van der Waals surface area contributed by atoms with Crippen molar-refractivity contribution in [1.29, 1.82) is 0 Å². The Morgan fingerprint density at radius 2 is 2.06 bits per heavy atom. The number of nitro benzene ring substituents is 1. The van der Waals surface area contributed by atoms with Crippen LogP contribution in [0, 0.1) is 15.9 Å². The number of halogens is 1. The van der Waals surface area contributed by atoms with E-state index in [0.29, 0.717) is 12.1 Å². The van der Waals surface area contributed by atoms with Gasteiger partial charge in [-0.05, 0) is 6.07 Å². The van der Waals surface area contributed by atoms with Crippen molar-refractivity contribution in [1.82, 2.24) is 5.32 Å². The Labute approximate surface area is 101 Å². The molecular weight excluding hydrogens is 269 g/mol. The van der Waals surface area contributed by atoms with Crippen molar-refractivity contribution in [3.63, 3.8) is 0 Å². The van der Waals surface area contributed by atoms with E-state index in [1.165, 1.54) is 7.05 Å². The number of hydrogen-bond donors (Lipinski definition) is 2. The molecule has 0 aliphatic carbocycles. The van der Waals surface area contributed by atoms with Gasteiger partial charge in [0.1, 0.15) is 4.90 Å². The Morgan fingerprint density at radius 3 is 2.44 bits per heavy atom. The summed E-state index contributed by atoms with van der Waals surface area (Å²) < 4.78 is 35.7. The maximum Gasteiger partial charge on any atom is 0.307 e. The topological polar surface area (TPSA) is 132 Å². The van der Waals surface area contributed by atoms with Crippen molar-refractivity contribution in [2.24, 2.45) is 5.14 Å². The summed E-state index contributed by atoms with van der Waals surface area (Å²) in [7, 11) is -3.28. The maximum atomic E-state index is 13.5. The van der Waals surface area contributed by atoms with E-state index in [1.807, 2.05) is 0 Å². The Balaban J connectivity index is 3.68. The molecule has 0 heterocycles. The van der Waals surface area contributed by atoms with Crippen LogP contribution >= 0.6 is 0 Å². The van der Waals surface area contributed by atoms with Gasteiger partial charge in [0.15, 0.2) is 0 Å². The molecule has 1 aromatic rings. The molecule has 0 aliphatic rings. The number of hydrogen-bond acceptors (Lipinski definition) is 5. The van der Waals surface area contributed by atoms with Crippen molar-refractivity contribution in [3.8, 4) is 0 Å². The van der Waals surface area contributed by atoms with Gasteiger partial charge in [-0.25, -0.2) is 13.6 Å². The lowest BCUT2D eigenvalue weighted by atomic mass is 10.2. The molecule has 0 unspecified atom stereocenters. The van der Waals surface area contributed by atoms with Crippen molar-refractivity contribution in [2.45, 2.75) is 4.90 Å². The zero-order valence-electron chi connectivity index (χ0n) is 9.01. The number of primary sulfonamides is 1. The molecule has 0 spiro atoms. The fraction of sp³-hybridized carbons (Fsp3) is 0.125. The Kier molecular flexibility index (Phi) is 3.62. The van der Waals surface area contributed by atoms with Crippen LogP contribution in [0.1, 0.15) is 10.4 Å². The second kappa shape index (κ2) is 4.66. The molecule has 0 saturated carbocycles. The van der Waals surface area contributed by atoms with Gasteiger partial charge >= 0.3 is 5.69 Å². The summed E-state index contributed by atoms with van der Waals surface area (Å²) in [6.07, 6.45) is 0. The van der Waals surface area contributed by atoms with Crippen molar-refractivity contribution >= 4 is 21.6 Å². The first-order chi connectivity index (χ1) is 8.18. The highest BCUT2D eigenvalue weighted by Gasteiger charge is 2.27. The number of nitrogens with one attached hydrogen (secondary N) is 1. The van der Waals surface area contributed by atoms with Crippen LogP contribution in [-0.4, -0.2) is 26.3 Å². The van der Waals surface area contributed by atoms with Crippen LogP contribution in [0.25, 0.3) is 0 Å². The molecule has 1 aromatic carbocycles. The third-order valence-electron chi connectivity index (χ3n) is 2.01. The molecule has 8 nitrogen and oxygen atoms in total. The van der Waals surface area contributed by atoms with E-state index in [9.17, 15) is 27.7 Å². The number of nitro groups is 1. The molecule has 98 valence electrons. The van der Waals surface area contributed by atoms with Gasteiger partial charge in [-0.2, -0.15) is 4.39 Å². The number of rotatable bonds is 3. The van der Waals surface area contributed by atoms with E-state index < -0.39 is 37.3 Å². The van der Waals surface area contributed by atoms with E-state index >= 15 is 0 Å². The number of carbonyl (C=O) groups is 1. The van der Waals surface area contributed by atoms with Crippen LogP contribution in [0.2, 0.25) is 0 Å². The van der Waals surface area contributed by atoms with Crippen LogP contribution in [0.5, 0.6) is 0 Å². The standard InChI is InChI=1S/C8H8FN3O5S/c1-11-8(13)4-2-5(12(14)15)7(9)6(3-4)18(10,16)17/h2-3H,1H3,(H,11,13)(H2,10,16,17). The minimum absolute atomic E-state index is 0.380. The number of nitrogens with zero attached hydrogens (tertiary/aromatic N) is 1. The summed E-state index contributed by atoms with van der Waals surface area (Å²) in [6.45, 7) is 0. The third kappa shape index (κ3) is 2.60. The van der Waals surface area contributed by atoms with Gasteiger partial charge in [-0.3, -0.25) is 14.9 Å². The quantitative estimate of drug-likeness (QED) is 0.580. The predicted molar refractivity (Wildman–Crippen MR) is 57.8 cm³/mol. The second-order valence-corrected chi connectivity index (χ2v) is 4.72. The van der Waals surface area contributed by atoms with Gasteiger partial charge < -0.3 is 5.32 Å². The van der Waals surface area contributed by atoms with E-state index in [0.717, 1.165) is 0 Å². The molecule has 1 rings (SSSR count). The van der Waals surface area contributed by atoms with Gasteiger partial charge in [0.05, 0.1) is 4.92 Å². The molecule has 0 radical (unpaired) electrons. The first-order valence-corrected chi connectivity index (χ1v) is 5.96. The smallest absolute Gasteiger partial charge is 0.307 e. The van der Waals surface area contributed by atoms with Crippen LogP contribution in [0.15, 0.2) is 17.0 Å². The van der Waals surface area contributed by atoms with E-state index in [4.69, 9.17) is 5.14 Å².